The van der Waals surface area contributed by atoms with Crippen LogP contribution in [0.15, 0.2) is 24.3 Å². The normalized spacial score (nSPS) is 19.7. The number of benzene rings is 1. The van der Waals surface area contributed by atoms with Gasteiger partial charge in [-0.15, -0.1) is 0 Å². The van der Waals surface area contributed by atoms with Crippen LogP contribution in [0.5, 0.6) is 5.75 Å². The summed E-state index contributed by atoms with van der Waals surface area (Å²) in [6.07, 6.45) is 3.72. The molecule has 1 atom stereocenters. The van der Waals surface area contributed by atoms with Crippen LogP contribution < -0.4 is 4.74 Å². The molecule has 1 unspecified atom stereocenters. The fraction of sp³-hybridized carbons (Fsp3) is 0.533. The van der Waals surface area contributed by atoms with Gasteiger partial charge in [-0.05, 0) is 57.0 Å². The van der Waals surface area contributed by atoms with Gasteiger partial charge in [0.25, 0.3) is 0 Å². The number of hydrogen-bond donors (Lipinski definition) is 0. The maximum absolute atomic E-state index is 8.69. The van der Waals surface area contributed by atoms with Crippen molar-refractivity contribution in [1.29, 1.82) is 5.26 Å². The van der Waals surface area contributed by atoms with Gasteiger partial charge in [0.1, 0.15) is 5.75 Å². The van der Waals surface area contributed by atoms with Crippen LogP contribution >= 0.6 is 0 Å². The maximum atomic E-state index is 8.69. The third kappa shape index (κ3) is 3.48. The van der Waals surface area contributed by atoms with Crippen molar-refractivity contribution in [3.63, 3.8) is 0 Å². The number of nitrogens with zero attached hydrogens (tertiary/aromatic N) is 2. The van der Waals surface area contributed by atoms with Gasteiger partial charge in [-0.25, -0.2) is 0 Å². The van der Waals surface area contributed by atoms with Crippen LogP contribution in [-0.4, -0.2) is 30.6 Å². The molecule has 1 saturated heterocycles. The first-order valence-corrected chi connectivity index (χ1v) is 6.66. The van der Waals surface area contributed by atoms with Gasteiger partial charge in [0.15, 0.2) is 0 Å². The highest BCUT2D eigenvalue weighted by molar-refractivity contribution is 5.34. The predicted octanol–water partition coefficient (Wildman–Crippen LogP) is 2.81. The van der Waals surface area contributed by atoms with Crippen LogP contribution in [0, 0.1) is 11.3 Å². The minimum absolute atomic E-state index is 0.674. The SMILES string of the molecule is CC1CCCN1CCCOc1ccc(C#N)cc1. The van der Waals surface area contributed by atoms with Gasteiger partial charge in [0.2, 0.25) is 0 Å². The van der Waals surface area contributed by atoms with Gasteiger partial charge in [0, 0.05) is 12.6 Å². The number of ether oxygens (including phenoxy) is 1. The van der Waals surface area contributed by atoms with Gasteiger partial charge >= 0.3 is 0 Å². The molecule has 0 bridgehead atoms. The molecule has 96 valence electrons. The largest absolute Gasteiger partial charge is 0.494 e. The second-order valence-electron chi connectivity index (χ2n) is 4.87. The maximum Gasteiger partial charge on any atom is 0.119 e. The zero-order chi connectivity index (χ0) is 12.8. The molecule has 1 fully saturated rings. The monoisotopic (exact) mass is 244 g/mol. The van der Waals surface area contributed by atoms with E-state index in [2.05, 4.69) is 17.9 Å². The summed E-state index contributed by atoms with van der Waals surface area (Å²) < 4.78 is 5.66. The molecule has 0 aliphatic carbocycles. The molecule has 0 radical (unpaired) electrons. The smallest absolute Gasteiger partial charge is 0.119 e. The molecule has 1 aromatic carbocycles. The minimum atomic E-state index is 0.674. The van der Waals surface area contributed by atoms with E-state index in [-0.39, 0.29) is 0 Å². The minimum Gasteiger partial charge on any atom is -0.494 e. The Bertz CT molecular complexity index is 407. The number of nitriles is 1. The van der Waals surface area contributed by atoms with E-state index < -0.39 is 0 Å². The summed E-state index contributed by atoms with van der Waals surface area (Å²) in [7, 11) is 0. The fourth-order valence-electron chi connectivity index (χ4n) is 2.41. The van der Waals surface area contributed by atoms with Crippen molar-refractivity contribution in [2.24, 2.45) is 0 Å². The highest BCUT2D eigenvalue weighted by Gasteiger charge is 2.18. The quantitative estimate of drug-likeness (QED) is 0.747. The highest BCUT2D eigenvalue weighted by Crippen LogP contribution is 2.16. The molecule has 3 nitrogen and oxygen atoms in total. The standard InChI is InChI=1S/C15H20N2O/c1-13-4-2-9-17(13)10-3-11-18-15-7-5-14(12-16)6-8-15/h5-8,13H,2-4,9-11H2,1H3. The Hall–Kier alpha value is -1.53. The molecule has 2 rings (SSSR count). The van der Waals surface area contributed by atoms with Crippen LogP contribution in [0.3, 0.4) is 0 Å². The zero-order valence-electron chi connectivity index (χ0n) is 10.9. The Balaban J connectivity index is 1.67. The van der Waals surface area contributed by atoms with Gasteiger partial charge in [-0.2, -0.15) is 5.26 Å². The Morgan fingerprint density at radius 3 is 2.78 bits per heavy atom. The summed E-state index contributed by atoms with van der Waals surface area (Å²) in [5, 5.41) is 8.69. The summed E-state index contributed by atoms with van der Waals surface area (Å²) in [5.41, 5.74) is 0.674. The van der Waals surface area contributed by atoms with E-state index in [4.69, 9.17) is 10.00 Å². The molecular weight excluding hydrogens is 224 g/mol. The third-order valence-electron chi connectivity index (χ3n) is 3.53. The van der Waals surface area contributed by atoms with E-state index in [9.17, 15) is 0 Å². The summed E-state index contributed by atoms with van der Waals surface area (Å²) in [4.78, 5) is 2.53. The average molecular weight is 244 g/mol. The highest BCUT2D eigenvalue weighted by atomic mass is 16.5. The Labute approximate surface area is 109 Å². The van der Waals surface area contributed by atoms with Crippen molar-refractivity contribution in [3.8, 4) is 11.8 Å². The van der Waals surface area contributed by atoms with Gasteiger partial charge in [-0.1, -0.05) is 0 Å². The van der Waals surface area contributed by atoms with Crippen molar-refractivity contribution >= 4 is 0 Å². The molecule has 1 aliphatic heterocycles. The van der Waals surface area contributed by atoms with E-state index in [1.54, 1.807) is 12.1 Å². The lowest BCUT2D eigenvalue weighted by Crippen LogP contribution is -2.28. The molecule has 18 heavy (non-hydrogen) atoms. The molecular formula is C15H20N2O. The van der Waals surface area contributed by atoms with Gasteiger partial charge in [0.05, 0.1) is 18.2 Å². The molecule has 3 heteroatoms. The topological polar surface area (TPSA) is 36.3 Å². The van der Waals surface area contributed by atoms with Gasteiger partial charge in [-0.3, -0.25) is 0 Å². The molecule has 0 amide bonds. The second-order valence-corrected chi connectivity index (χ2v) is 4.87. The number of likely N-dealkylation sites (tertiary alicyclic amines) is 1. The Morgan fingerprint density at radius 2 is 2.17 bits per heavy atom. The lowest BCUT2D eigenvalue weighted by molar-refractivity contribution is 0.230. The first-order chi connectivity index (χ1) is 8.79. The van der Waals surface area contributed by atoms with E-state index in [1.165, 1.54) is 19.4 Å². The van der Waals surface area contributed by atoms with Gasteiger partial charge < -0.3 is 9.64 Å². The first-order valence-electron chi connectivity index (χ1n) is 6.66. The van der Waals surface area contributed by atoms with Crippen molar-refractivity contribution in [2.45, 2.75) is 32.2 Å². The fourth-order valence-corrected chi connectivity index (χ4v) is 2.41. The Kier molecular flexibility index (Phi) is 4.60. The summed E-state index contributed by atoms with van der Waals surface area (Å²) in [6, 6.07) is 10.1. The van der Waals surface area contributed by atoms with Crippen LogP contribution in [-0.2, 0) is 0 Å². The lowest BCUT2D eigenvalue weighted by atomic mass is 10.2. The van der Waals surface area contributed by atoms with E-state index >= 15 is 0 Å². The van der Waals surface area contributed by atoms with Crippen LogP contribution in [0.2, 0.25) is 0 Å². The number of rotatable bonds is 5. The molecule has 0 aromatic heterocycles. The molecule has 0 N–H and O–H groups in total. The lowest BCUT2D eigenvalue weighted by Gasteiger charge is -2.20. The Morgan fingerprint density at radius 1 is 1.39 bits per heavy atom. The molecule has 1 aromatic rings. The van der Waals surface area contributed by atoms with Crippen molar-refractivity contribution < 1.29 is 4.74 Å². The predicted molar refractivity (Wildman–Crippen MR) is 71.5 cm³/mol. The number of hydrogen-bond acceptors (Lipinski definition) is 3. The van der Waals surface area contributed by atoms with E-state index in [0.29, 0.717) is 5.56 Å². The van der Waals surface area contributed by atoms with Crippen molar-refractivity contribution in [3.05, 3.63) is 29.8 Å². The summed E-state index contributed by atoms with van der Waals surface area (Å²) in [6.45, 7) is 5.40. The van der Waals surface area contributed by atoms with E-state index in [1.807, 2.05) is 12.1 Å². The van der Waals surface area contributed by atoms with Crippen LogP contribution in [0.1, 0.15) is 31.7 Å². The second kappa shape index (κ2) is 6.42. The summed E-state index contributed by atoms with van der Waals surface area (Å²) in [5.74, 6) is 0.850. The first kappa shape index (κ1) is 12.9. The molecule has 1 heterocycles. The molecule has 1 aliphatic rings. The van der Waals surface area contributed by atoms with E-state index in [0.717, 1.165) is 31.4 Å². The van der Waals surface area contributed by atoms with Crippen LogP contribution in [0.25, 0.3) is 0 Å². The van der Waals surface area contributed by atoms with Crippen LogP contribution in [0.4, 0.5) is 0 Å². The average Bonchev–Trinajstić information content (AvgIpc) is 2.81. The zero-order valence-corrected chi connectivity index (χ0v) is 10.9. The van der Waals surface area contributed by atoms with Crippen molar-refractivity contribution in [2.75, 3.05) is 19.7 Å². The summed E-state index contributed by atoms with van der Waals surface area (Å²) >= 11 is 0. The molecule has 0 spiro atoms. The molecule has 0 saturated carbocycles. The third-order valence-corrected chi connectivity index (χ3v) is 3.53. The van der Waals surface area contributed by atoms with Crippen molar-refractivity contribution in [1.82, 2.24) is 4.90 Å².